The van der Waals surface area contributed by atoms with Crippen LogP contribution in [0.15, 0.2) is 59.6 Å². The highest BCUT2D eigenvalue weighted by atomic mass is 32.2. The van der Waals surface area contributed by atoms with Gasteiger partial charge in [-0.3, -0.25) is 9.78 Å². The van der Waals surface area contributed by atoms with E-state index in [0.717, 1.165) is 12.8 Å². The van der Waals surface area contributed by atoms with Gasteiger partial charge in [0.15, 0.2) is 5.69 Å². The van der Waals surface area contributed by atoms with E-state index in [1.807, 2.05) is 0 Å². The number of alkyl halides is 3. The number of carbonyl (C=O) groups excluding carboxylic acids is 2. The number of benzene rings is 2. The highest BCUT2D eigenvalue weighted by Gasteiger charge is 2.73. The molecule has 1 saturated carbocycles. The Hall–Kier alpha value is -3.88. The lowest BCUT2D eigenvalue weighted by Gasteiger charge is -2.43. The zero-order valence-electron chi connectivity index (χ0n) is 25.2. The molecule has 2 atom stereocenters. The number of fused-ring (bicyclic) bond motifs is 2. The second-order valence-electron chi connectivity index (χ2n) is 12.1. The molecule has 244 valence electrons. The summed E-state index contributed by atoms with van der Waals surface area (Å²) in [5, 5.41) is 5.85. The van der Waals surface area contributed by atoms with E-state index >= 15 is 0 Å². The fourth-order valence-corrected chi connectivity index (χ4v) is 9.66. The number of amides is 2. The van der Waals surface area contributed by atoms with Gasteiger partial charge in [0.1, 0.15) is 22.5 Å². The summed E-state index contributed by atoms with van der Waals surface area (Å²) in [6.07, 6.45) is -1.68. The monoisotopic (exact) mass is 661 g/mol. The molecule has 2 unspecified atom stereocenters. The van der Waals surface area contributed by atoms with Crippen LogP contribution in [0.5, 0.6) is 5.75 Å². The van der Waals surface area contributed by atoms with Gasteiger partial charge in [0, 0.05) is 35.4 Å². The van der Waals surface area contributed by atoms with Crippen LogP contribution in [-0.4, -0.2) is 51.5 Å². The molecule has 2 N–H and O–H groups in total. The maximum atomic E-state index is 14.9. The second-order valence-corrected chi connectivity index (χ2v) is 14.1. The summed E-state index contributed by atoms with van der Waals surface area (Å²) < 4.78 is 87.4. The van der Waals surface area contributed by atoms with E-state index in [1.54, 1.807) is 18.2 Å². The van der Waals surface area contributed by atoms with Gasteiger partial charge >= 0.3 is 22.1 Å². The molecule has 1 aliphatic carbocycles. The number of nitrogens with zero attached hydrogens (tertiary/aromatic N) is 2. The molecule has 1 aromatic heterocycles. The summed E-state index contributed by atoms with van der Waals surface area (Å²) in [5.41, 5.74) is -1.34. The van der Waals surface area contributed by atoms with E-state index in [9.17, 15) is 35.6 Å². The quantitative estimate of drug-likeness (QED) is 0.275. The minimum atomic E-state index is -4.77. The lowest BCUT2D eigenvalue weighted by Crippen LogP contribution is -2.67. The minimum absolute atomic E-state index is 0.0548. The smallest absolute Gasteiger partial charge is 0.417 e. The third kappa shape index (κ3) is 4.97. The Morgan fingerprint density at radius 3 is 2.43 bits per heavy atom. The van der Waals surface area contributed by atoms with Gasteiger partial charge in [0.25, 0.3) is 5.91 Å². The van der Waals surface area contributed by atoms with E-state index < -0.39 is 61.3 Å². The van der Waals surface area contributed by atoms with Crippen LogP contribution in [0, 0.1) is 11.7 Å². The molecule has 0 bridgehead atoms. The third-order valence-corrected chi connectivity index (χ3v) is 11.8. The average molecular weight is 662 g/mol. The lowest BCUT2D eigenvalue weighted by molar-refractivity contribution is -0.138. The average Bonchev–Trinajstić information content (AvgIpc) is 3.83. The van der Waals surface area contributed by atoms with Crippen LogP contribution in [-0.2, 0) is 33.0 Å². The maximum absolute atomic E-state index is 14.9. The molecule has 1 saturated heterocycles. The zero-order valence-corrected chi connectivity index (χ0v) is 26.0. The van der Waals surface area contributed by atoms with Crippen LogP contribution >= 0.6 is 0 Å². The summed E-state index contributed by atoms with van der Waals surface area (Å²) in [7, 11) is -2.99. The predicted molar refractivity (Wildman–Crippen MR) is 160 cm³/mol. The number of aromatic nitrogens is 1. The summed E-state index contributed by atoms with van der Waals surface area (Å²) in [5.74, 6) is -2.15. The Morgan fingerprint density at radius 1 is 1.11 bits per heavy atom. The number of hydrogen-bond acceptors (Lipinski definition) is 7. The molecule has 2 aromatic carbocycles. The predicted octanol–water partition coefficient (Wildman–Crippen LogP) is 4.83. The van der Waals surface area contributed by atoms with Gasteiger partial charge in [0.05, 0.1) is 37.3 Å². The van der Waals surface area contributed by atoms with Crippen LogP contribution in [0.1, 0.15) is 59.8 Å². The topological polar surface area (TPSA) is 114 Å². The molecular formula is C32H33F4N4O5S+. The van der Waals surface area contributed by atoms with Gasteiger partial charge in [-0.05, 0) is 69.1 Å². The Labute approximate surface area is 263 Å². The Morgan fingerprint density at radius 2 is 1.83 bits per heavy atom. The molecule has 46 heavy (non-hydrogen) atoms. The van der Waals surface area contributed by atoms with Gasteiger partial charge in [-0.15, -0.1) is 3.89 Å². The van der Waals surface area contributed by atoms with Gasteiger partial charge in [-0.1, -0.05) is 6.07 Å². The van der Waals surface area contributed by atoms with E-state index in [0.29, 0.717) is 55.2 Å². The lowest BCUT2D eigenvalue weighted by atomic mass is 9.68. The first-order valence-corrected chi connectivity index (χ1v) is 16.4. The number of carbonyl (C=O) groups is 2. The van der Waals surface area contributed by atoms with Crippen LogP contribution in [0.4, 0.5) is 23.2 Å². The number of pyridine rings is 1. The van der Waals surface area contributed by atoms with Gasteiger partial charge in [-0.2, -0.15) is 21.6 Å². The zero-order chi connectivity index (χ0) is 33.1. The van der Waals surface area contributed by atoms with E-state index in [2.05, 4.69) is 15.6 Å². The maximum Gasteiger partial charge on any atom is 0.417 e. The molecule has 0 radical (unpaired) electrons. The number of hydrogen-bond donors (Lipinski definition) is 2. The Balaban J connectivity index is 1.45. The largest absolute Gasteiger partial charge is 0.497 e. The van der Waals surface area contributed by atoms with Crippen LogP contribution < -0.4 is 19.3 Å². The number of halogens is 4. The number of nitrogens with one attached hydrogen (secondary N) is 2. The highest BCUT2D eigenvalue weighted by molar-refractivity contribution is 7.91. The number of sulfonamides is 1. The molecule has 9 nitrogen and oxygen atoms in total. The highest BCUT2D eigenvalue weighted by Crippen LogP contribution is 2.62. The van der Waals surface area contributed by atoms with E-state index in [-0.39, 0.29) is 22.1 Å². The van der Waals surface area contributed by atoms with Crippen molar-refractivity contribution in [2.45, 2.75) is 61.7 Å². The first-order chi connectivity index (χ1) is 21.8. The first-order valence-electron chi connectivity index (χ1n) is 14.9. The molecular weight excluding hydrogens is 628 g/mol. The number of piperidine rings is 1. The van der Waals surface area contributed by atoms with Crippen molar-refractivity contribution in [1.82, 2.24) is 19.5 Å². The van der Waals surface area contributed by atoms with Crippen molar-refractivity contribution in [2.24, 2.45) is 5.92 Å². The SMILES string of the molecule is COc1cccc(S(=O)(=O)[N+]2(C(C)=O)c3ccc(C(=O)NCc4ncc(C(F)(F)F)cc4F)cc3C3(CCNCC3)C2C2CC2)c1. The van der Waals surface area contributed by atoms with Crippen LogP contribution in [0.2, 0.25) is 0 Å². The van der Waals surface area contributed by atoms with Crippen molar-refractivity contribution >= 4 is 27.5 Å². The number of ether oxygens (including phenoxy) is 1. The molecule has 6 rings (SSSR count). The van der Waals surface area contributed by atoms with E-state index in [1.165, 1.54) is 38.3 Å². The summed E-state index contributed by atoms with van der Waals surface area (Å²) in [4.78, 5) is 30.9. The Kier molecular flexibility index (Phi) is 7.97. The minimum Gasteiger partial charge on any atom is -0.497 e. The van der Waals surface area contributed by atoms with Crippen molar-refractivity contribution in [1.29, 1.82) is 0 Å². The second kappa shape index (κ2) is 11.4. The van der Waals surface area contributed by atoms with Gasteiger partial charge in [-0.25, -0.2) is 9.18 Å². The number of rotatable bonds is 7. The van der Waals surface area contributed by atoms with E-state index in [4.69, 9.17) is 4.74 Å². The molecule has 14 heteroatoms. The van der Waals surface area contributed by atoms with Crippen LogP contribution in [0.3, 0.4) is 0 Å². The van der Waals surface area contributed by atoms with Crippen molar-refractivity contribution in [2.75, 3.05) is 20.2 Å². The molecule has 3 aromatic rings. The van der Waals surface area contributed by atoms with Gasteiger partial charge < -0.3 is 15.4 Å². The fourth-order valence-electron chi connectivity index (χ4n) is 7.38. The van der Waals surface area contributed by atoms with Crippen molar-refractivity contribution in [3.63, 3.8) is 0 Å². The van der Waals surface area contributed by atoms with Crippen molar-refractivity contribution < 1.29 is 40.3 Å². The number of quaternary nitrogens is 1. The molecule has 2 fully saturated rings. The van der Waals surface area contributed by atoms with Crippen LogP contribution in [0.25, 0.3) is 0 Å². The van der Waals surface area contributed by atoms with Gasteiger partial charge in [0.2, 0.25) is 0 Å². The molecule has 3 heterocycles. The third-order valence-electron chi connectivity index (χ3n) is 9.52. The summed E-state index contributed by atoms with van der Waals surface area (Å²) in [6, 6.07) is 10.3. The first kappa shape index (κ1) is 32.1. The van der Waals surface area contributed by atoms with Crippen molar-refractivity contribution in [3.8, 4) is 5.75 Å². The summed E-state index contributed by atoms with van der Waals surface area (Å²) in [6.45, 7) is 1.98. The summed E-state index contributed by atoms with van der Waals surface area (Å²) >= 11 is 0. The normalized spacial score (nSPS) is 22.3. The van der Waals surface area contributed by atoms with Crippen molar-refractivity contribution in [3.05, 3.63) is 82.9 Å². The molecule has 3 aliphatic rings. The standard InChI is InChI=1S/C32H32F4N4O5S/c1-19(41)40(46(43,44)24-5-3-4-23(16-24)45-2)28-9-8-21(14-25(28)31(10-12-37-13-11-31)29(40)20-6-7-20)30(42)39-18-27-26(33)15-22(17-38-27)32(34,35)36/h3-5,8-9,14-17,20,29,37H,6-7,10-13,18H2,1-2H3/p+1. The number of methoxy groups -OCH3 is 1. The molecule has 2 amide bonds. The molecule has 2 aliphatic heterocycles. The Bertz CT molecular complexity index is 1820. The molecule has 1 spiro atoms. The fraction of sp³-hybridized carbons (Fsp3) is 0.406.